The van der Waals surface area contributed by atoms with Crippen LogP contribution in [-0.4, -0.2) is 21.1 Å². The standard InChI is InChI=1S/C15H11ClN2O3S/c16-9-2-3-10-13(7-9)22-15(17-10)18-14(21)6-8-1-4-11(19)12(20)5-8/h1-5,7,19-20H,6H2,(H,17,18,21). The molecule has 3 N–H and O–H groups in total. The molecule has 0 saturated carbocycles. The lowest BCUT2D eigenvalue weighted by Crippen LogP contribution is -2.14. The van der Waals surface area contributed by atoms with Crippen LogP contribution in [0, 0.1) is 0 Å². The van der Waals surface area contributed by atoms with Gasteiger partial charge < -0.3 is 15.5 Å². The smallest absolute Gasteiger partial charge is 0.230 e. The van der Waals surface area contributed by atoms with E-state index >= 15 is 0 Å². The Morgan fingerprint density at radius 3 is 2.77 bits per heavy atom. The van der Waals surface area contributed by atoms with Gasteiger partial charge in [-0.2, -0.15) is 0 Å². The number of nitrogens with one attached hydrogen (secondary N) is 1. The highest BCUT2D eigenvalue weighted by atomic mass is 35.5. The largest absolute Gasteiger partial charge is 0.504 e. The molecule has 0 aliphatic rings. The number of hydrogen-bond donors (Lipinski definition) is 3. The fraction of sp³-hybridized carbons (Fsp3) is 0.0667. The summed E-state index contributed by atoms with van der Waals surface area (Å²) in [5.41, 5.74) is 1.36. The molecular weight excluding hydrogens is 324 g/mol. The summed E-state index contributed by atoms with van der Waals surface area (Å²) in [6.45, 7) is 0. The van der Waals surface area contributed by atoms with Gasteiger partial charge in [0.05, 0.1) is 16.6 Å². The second-order valence-corrected chi connectivity index (χ2v) is 6.15. The second kappa shape index (κ2) is 5.82. The fourth-order valence-electron chi connectivity index (χ4n) is 1.98. The summed E-state index contributed by atoms with van der Waals surface area (Å²) in [7, 11) is 0. The van der Waals surface area contributed by atoms with Crippen LogP contribution < -0.4 is 5.32 Å². The first-order valence-electron chi connectivity index (χ1n) is 6.38. The molecular formula is C15H11ClN2O3S. The van der Waals surface area contributed by atoms with Crippen molar-refractivity contribution in [3.63, 3.8) is 0 Å². The van der Waals surface area contributed by atoms with Crippen molar-refractivity contribution in [2.45, 2.75) is 6.42 Å². The average Bonchev–Trinajstić information content (AvgIpc) is 2.84. The van der Waals surface area contributed by atoms with E-state index in [2.05, 4.69) is 10.3 Å². The van der Waals surface area contributed by atoms with Crippen LogP contribution in [0.3, 0.4) is 0 Å². The molecule has 3 aromatic rings. The molecule has 0 radical (unpaired) electrons. The van der Waals surface area contributed by atoms with Gasteiger partial charge >= 0.3 is 0 Å². The number of rotatable bonds is 3. The molecule has 0 bridgehead atoms. The molecule has 22 heavy (non-hydrogen) atoms. The molecule has 5 nitrogen and oxygen atoms in total. The van der Waals surface area contributed by atoms with Gasteiger partial charge in [0.2, 0.25) is 5.91 Å². The van der Waals surface area contributed by atoms with E-state index in [4.69, 9.17) is 11.6 Å². The SMILES string of the molecule is O=C(Cc1ccc(O)c(O)c1)Nc1nc2ccc(Cl)cc2s1. The van der Waals surface area contributed by atoms with Crippen molar-refractivity contribution in [2.24, 2.45) is 0 Å². The number of nitrogens with zero attached hydrogens (tertiary/aromatic N) is 1. The van der Waals surface area contributed by atoms with Gasteiger partial charge in [0, 0.05) is 5.02 Å². The van der Waals surface area contributed by atoms with Crippen molar-refractivity contribution in [1.82, 2.24) is 4.98 Å². The van der Waals surface area contributed by atoms with Crippen LogP contribution in [0.1, 0.15) is 5.56 Å². The topological polar surface area (TPSA) is 82.5 Å². The molecule has 2 aromatic carbocycles. The Morgan fingerprint density at radius 2 is 2.00 bits per heavy atom. The molecule has 0 saturated heterocycles. The molecule has 7 heteroatoms. The van der Waals surface area contributed by atoms with Crippen LogP contribution in [-0.2, 0) is 11.2 Å². The van der Waals surface area contributed by atoms with Gasteiger partial charge in [-0.3, -0.25) is 4.79 Å². The van der Waals surface area contributed by atoms with Crippen LogP contribution in [0.15, 0.2) is 36.4 Å². The van der Waals surface area contributed by atoms with Gasteiger partial charge in [-0.15, -0.1) is 0 Å². The van der Waals surface area contributed by atoms with Crippen molar-refractivity contribution in [3.05, 3.63) is 47.0 Å². The molecule has 0 atom stereocenters. The molecule has 0 aliphatic carbocycles. The third kappa shape index (κ3) is 3.13. The van der Waals surface area contributed by atoms with Crippen molar-refractivity contribution in [1.29, 1.82) is 0 Å². The Morgan fingerprint density at radius 1 is 1.18 bits per heavy atom. The van der Waals surface area contributed by atoms with Crippen LogP contribution in [0.2, 0.25) is 5.02 Å². The number of phenols is 2. The van der Waals surface area contributed by atoms with Crippen LogP contribution in [0.4, 0.5) is 5.13 Å². The van der Waals surface area contributed by atoms with E-state index in [0.717, 1.165) is 10.2 Å². The van der Waals surface area contributed by atoms with Crippen LogP contribution in [0.5, 0.6) is 11.5 Å². The zero-order chi connectivity index (χ0) is 15.7. The lowest BCUT2D eigenvalue weighted by atomic mass is 10.1. The van der Waals surface area contributed by atoms with Crippen LogP contribution >= 0.6 is 22.9 Å². The van der Waals surface area contributed by atoms with E-state index in [1.807, 2.05) is 0 Å². The van der Waals surface area contributed by atoms with E-state index in [1.54, 1.807) is 24.3 Å². The first kappa shape index (κ1) is 14.6. The van der Waals surface area contributed by atoms with Gasteiger partial charge in [0.15, 0.2) is 16.6 Å². The molecule has 112 valence electrons. The van der Waals surface area contributed by atoms with E-state index in [1.165, 1.54) is 23.5 Å². The summed E-state index contributed by atoms with van der Waals surface area (Å²) >= 11 is 7.26. The zero-order valence-corrected chi connectivity index (χ0v) is 12.8. The Kier molecular flexibility index (Phi) is 3.87. The summed E-state index contributed by atoms with van der Waals surface area (Å²) in [6, 6.07) is 9.61. The number of phenolic OH excluding ortho intramolecular Hbond substituents is 2. The number of benzene rings is 2. The predicted molar refractivity (Wildman–Crippen MR) is 86.7 cm³/mol. The minimum absolute atomic E-state index is 0.0739. The molecule has 0 spiro atoms. The highest BCUT2D eigenvalue weighted by molar-refractivity contribution is 7.22. The first-order chi connectivity index (χ1) is 10.5. The number of aromatic hydroxyl groups is 2. The molecule has 0 aliphatic heterocycles. The maximum Gasteiger partial charge on any atom is 0.230 e. The van der Waals surface area contributed by atoms with Gasteiger partial charge in [-0.05, 0) is 35.9 Å². The maximum atomic E-state index is 12.0. The quantitative estimate of drug-likeness (QED) is 0.640. The number of fused-ring (bicyclic) bond motifs is 1. The minimum Gasteiger partial charge on any atom is -0.504 e. The Labute approximate surface area is 134 Å². The monoisotopic (exact) mass is 334 g/mol. The van der Waals surface area contributed by atoms with Crippen LogP contribution in [0.25, 0.3) is 10.2 Å². The number of thiazole rings is 1. The molecule has 0 fully saturated rings. The lowest BCUT2D eigenvalue weighted by Gasteiger charge is -2.03. The van der Waals surface area contributed by atoms with Crippen molar-refractivity contribution in [2.75, 3.05) is 5.32 Å². The Hall–Kier alpha value is -2.31. The molecule has 1 amide bonds. The van der Waals surface area contributed by atoms with Gasteiger partial charge in [0.1, 0.15) is 0 Å². The summed E-state index contributed by atoms with van der Waals surface area (Å²) in [5.74, 6) is -0.720. The normalized spacial score (nSPS) is 10.8. The summed E-state index contributed by atoms with van der Waals surface area (Å²) < 4.78 is 0.894. The highest BCUT2D eigenvalue weighted by Gasteiger charge is 2.10. The maximum absolute atomic E-state index is 12.0. The predicted octanol–water partition coefficient (Wildman–Crippen LogP) is 3.54. The van der Waals surface area contributed by atoms with Crippen molar-refractivity contribution in [3.8, 4) is 11.5 Å². The number of hydrogen-bond acceptors (Lipinski definition) is 5. The molecule has 0 unspecified atom stereocenters. The third-order valence-electron chi connectivity index (χ3n) is 3.00. The second-order valence-electron chi connectivity index (χ2n) is 4.68. The highest BCUT2D eigenvalue weighted by Crippen LogP contribution is 2.29. The first-order valence-corrected chi connectivity index (χ1v) is 7.57. The molecule has 1 heterocycles. The Bertz CT molecular complexity index is 863. The molecule has 1 aromatic heterocycles. The van der Waals surface area contributed by atoms with Gasteiger partial charge in [-0.1, -0.05) is 29.0 Å². The number of aromatic nitrogens is 1. The van der Waals surface area contributed by atoms with Crippen molar-refractivity contribution >= 4 is 44.2 Å². The summed E-state index contributed by atoms with van der Waals surface area (Å²) in [6.07, 6.45) is 0.0739. The van der Waals surface area contributed by atoms with E-state index in [0.29, 0.717) is 15.7 Å². The number of anilines is 1. The van der Waals surface area contributed by atoms with Gasteiger partial charge in [-0.25, -0.2) is 4.98 Å². The zero-order valence-electron chi connectivity index (χ0n) is 11.2. The van der Waals surface area contributed by atoms with E-state index < -0.39 is 0 Å². The number of carbonyl (C=O) groups is 1. The Balaban J connectivity index is 1.73. The van der Waals surface area contributed by atoms with Crippen molar-refractivity contribution < 1.29 is 15.0 Å². The number of carbonyl (C=O) groups excluding carboxylic acids is 1. The fourth-order valence-corrected chi connectivity index (χ4v) is 3.14. The summed E-state index contributed by atoms with van der Waals surface area (Å²) in [4.78, 5) is 16.3. The van der Waals surface area contributed by atoms with E-state index in [9.17, 15) is 15.0 Å². The van der Waals surface area contributed by atoms with E-state index in [-0.39, 0.29) is 23.8 Å². The summed E-state index contributed by atoms with van der Waals surface area (Å²) in [5, 5.41) is 22.5. The average molecular weight is 335 g/mol. The lowest BCUT2D eigenvalue weighted by molar-refractivity contribution is -0.115. The minimum atomic E-state index is -0.254. The molecule has 3 rings (SSSR count). The third-order valence-corrected chi connectivity index (χ3v) is 4.17. The number of amides is 1. The van der Waals surface area contributed by atoms with Gasteiger partial charge in [0.25, 0.3) is 0 Å². The number of halogens is 1.